The van der Waals surface area contributed by atoms with Crippen LogP contribution in [-0.4, -0.2) is 12.4 Å². The predicted molar refractivity (Wildman–Crippen MR) is 64.5 cm³/mol. The van der Waals surface area contributed by atoms with E-state index in [0.717, 1.165) is 9.54 Å². The molecule has 88 valence electrons. The number of hydrogen-bond donors (Lipinski definition) is 0. The first-order valence-electron chi connectivity index (χ1n) is 5.01. The first-order chi connectivity index (χ1) is 8.00. The molecule has 1 aromatic heterocycles. The van der Waals surface area contributed by atoms with Gasteiger partial charge in [0.1, 0.15) is 0 Å². The molecule has 0 aliphatic rings. The molecule has 4 nitrogen and oxygen atoms in total. The van der Waals surface area contributed by atoms with Crippen LogP contribution in [0.1, 0.15) is 5.56 Å². The predicted octanol–water partition coefficient (Wildman–Crippen LogP) is 1.39. The third-order valence-electron chi connectivity index (χ3n) is 2.37. The van der Waals surface area contributed by atoms with Crippen LogP contribution in [-0.2, 0) is 10.0 Å². The van der Waals surface area contributed by atoms with Crippen molar-refractivity contribution in [3.05, 3.63) is 64.6 Å². The molecule has 0 unspecified atom stereocenters. The first-order valence-corrected chi connectivity index (χ1v) is 6.45. The summed E-state index contributed by atoms with van der Waals surface area (Å²) in [7, 11) is -3.59. The second-order valence-corrected chi connectivity index (χ2v) is 5.53. The molecule has 1 aromatic carbocycles. The Labute approximate surface area is 99.2 Å². The second kappa shape index (κ2) is 4.18. The summed E-state index contributed by atoms with van der Waals surface area (Å²) in [5, 5.41) is 0. The third-order valence-corrected chi connectivity index (χ3v) is 4.03. The van der Waals surface area contributed by atoms with Gasteiger partial charge in [-0.15, -0.1) is 0 Å². The number of aromatic nitrogens is 1. The lowest BCUT2D eigenvalue weighted by Gasteiger charge is -2.07. The van der Waals surface area contributed by atoms with E-state index in [0.29, 0.717) is 0 Å². The van der Waals surface area contributed by atoms with E-state index < -0.39 is 10.0 Å². The molecule has 0 radical (unpaired) electrons. The summed E-state index contributed by atoms with van der Waals surface area (Å²) < 4.78 is 25.3. The molecule has 0 fully saturated rings. The van der Waals surface area contributed by atoms with E-state index in [1.165, 1.54) is 24.5 Å². The van der Waals surface area contributed by atoms with Gasteiger partial charge < -0.3 is 0 Å². The van der Waals surface area contributed by atoms with Gasteiger partial charge >= 0.3 is 0 Å². The maximum atomic E-state index is 12.1. The molecule has 2 aromatic rings. The molecule has 0 aliphatic carbocycles. The minimum atomic E-state index is -3.59. The van der Waals surface area contributed by atoms with Gasteiger partial charge in [-0.2, -0.15) is 0 Å². The minimum absolute atomic E-state index is 0.201. The van der Waals surface area contributed by atoms with E-state index in [9.17, 15) is 13.2 Å². The lowest BCUT2D eigenvalue weighted by molar-refractivity contribution is 0.587. The monoisotopic (exact) mass is 249 g/mol. The summed E-state index contributed by atoms with van der Waals surface area (Å²) in [5.74, 6) is 0. The Morgan fingerprint density at radius 3 is 2.00 bits per heavy atom. The molecule has 0 saturated heterocycles. The fourth-order valence-electron chi connectivity index (χ4n) is 1.39. The molecule has 0 atom stereocenters. The quantitative estimate of drug-likeness (QED) is 0.808. The smallest absolute Gasteiger partial charge is 0.267 e. The molecule has 2 rings (SSSR count). The number of aryl methyl sites for hydroxylation is 1. The van der Waals surface area contributed by atoms with Crippen LogP contribution >= 0.6 is 0 Å². The molecule has 0 saturated carbocycles. The van der Waals surface area contributed by atoms with Gasteiger partial charge in [-0.25, -0.2) is 12.4 Å². The van der Waals surface area contributed by atoms with E-state index in [2.05, 4.69) is 0 Å². The zero-order chi connectivity index (χ0) is 12.5. The van der Waals surface area contributed by atoms with Crippen molar-refractivity contribution in [1.29, 1.82) is 0 Å². The van der Waals surface area contributed by atoms with Gasteiger partial charge in [-0.3, -0.25) is 4.79 Å². The van der Waals surface area contributed by atoms with Crippen LogP contribution in [0.15, 0.2) is 58.5 Å². The Balaban J connectivity index is 2.53. The number of hydrogen-bond acceptors (Lipinski definition) is 3. The van der Waals surface area contributed by atoms with E-state index in [1.54, 1.807) is 24.3 Å². The van der Waals surface area contributed by atoms with Gasteiger partial charge in [0.15, 0.2) is 5.43 Å². The molecule has 1 heterocycles. The summed E-state index contributed by atoms with van der Waals surface area (Å²) in [5.41, 5.74) is 0.768. The molecular weight excluding hydrogens is 238 g/mol. The SMILES string of the molecule is Cc1ccc(S(=O)(=O)n2ccc(=O)cc2)cc1. The Bertz CT molecular complexity index is 664. The van der Waals surface area contributed by atoms with Crippen molar-refractivity contribution < 1.29 is 8.42 Å². The van der Waals surface area contributed by atoms with Crippen LogP contribution in [0.4, 0.5) is 0 Å². The van der Waals surface area contributed by atoms with Crippen molar-refractivity contribution in [1.82, 2.24) is 3.97 Å². The van der Waals surface area contributed by atoms with Crippen molar-refractivity contribution in [2.75, 3.05) is 0 Å². The Hall–Kier alpha value is -1.88. The van der Waals surface area contributed by atoms with Crippen molar-refractivity contribution in [3.8, 4) is 0 Å². The molecule has 0 amide bonds. The van der Waals surface area contributed by atoms with Crippen LogP contribution in [0.3, 0.4) is 0 Å². The van der Waals surface area contributed by atoms with Crippen LogP contribution in [0.5, 0.6) is 0 Å². The van der Waals surface area contributed by atoms with Crippen molar-refractivity contribution >= 4 is 10.0 Å². The molecular formula is C12H11NO3S. The van der Waals surface area contributed by atoms with Gasteiger partial charge in [0.2, 0.25) is 0 Å². The molecule has 0 aliphatic heterocycles. The zero-order valence-corrected chi connectivity index (χ0v) is 10.0. The van der Waals surface area contributed by atoms with E-state index in [-0.39, 0.29) is 10.3 Å². The Morgan fingerprint density at radius 2 is 1.47 bits per heavy atom. The van der Waals surface area contributed by atoms with Crippen LogP contribution in [0.25, 0.3) is 0 Å². The highest BCUT2D eigenvalue weighted by molar-refractivity contribution is 7.90. The second-order valence-electron chi connectivity index (χ2n) is 3.68. The Morgan fingerprint density at radius 1 is 0.941 bits per heavy atom. The van der Waals surface area contributed by atoms with E-state index in [4.69, 9.17) is 0 Å². The normalized spacial score (nSPS) is 11.4. The van der Waals surface area contributed by atoms with Gasteiger partial charge in [0.25, 0.3) is 10.0 Å². The fraction of sp³-hybridized carbons (Fsp3) is 0.0833. The standard InChI is InChI=1S/C12H11NO3S/c1-10-2-4-12(5-3-10)17(15,16)13-8-6-11(14)7-9-13/h2-9H,1H3. The average molecular weight is 249 g/mol. The average Bonchev–Trinajstić information content (AvgIpc) is 2.30. The molecule has 5 heteroatoms. The maximum absolute atomic E-state index is 12.1. The summed E-state index contributed by atoms with van der Waals surface area (Å²) in [6.45, 7) is 1.88. The van der Waals surface area contributed by atoms with Gasteiger partial charge in [-0.05, 0) is 19.1 Å². The van der Waals surface area contributed by atoms with Crippen molar-refractivity contribution in [2.45, 2.75) is 11.8 Å². The highest BCUT2D eigenvalue weighted by atomic mass is 32.2. The van der Waals surface area contributed by atoms with Gasteiger partial charge in [0, 0.05) is 24.5 Å². The van der Waals surface area contributed by atoms with Crippen molar-refractivity contribution in [2.24, 2.45) is 0 Å². The number of rotatable bonds is 2. The largest absolute Gasteiger partial charge is 0.290 e. The summed E-state index contributed by atoms with van der Waals surface area (Å²) in [6.07, 6.45) is 2.50. The number of pyridine rings is 1. The maximum Gasteiger partial charge on any atom is 0.267 e. The lowest BCUT2D eigenvalue weighted by atomic mass is 10.2. The van der Waals surface area contributed by atoms with Gasteiger partial charge in [-0.1, -0.05) is 17.7 Å². The fourth-order valence-corrected chi connectivity index (χ4v) is 2.56. The van der Waals surface area contributed by atoms with Gasteiger partial charge in [0.05, 0.1) is 4.90 Å². The molecule has 0 N–H and O–H groups in total. The third kappa shape index (κ3) is 2.29. The van der Waals surface area contributed by atoms with Crippen LogP contribution < -0.4 is 5.43 Å². The highest BCUT2D eigenvalue weighted by Crippen LogP contribution is 2.13. The van der Waals surface area contributed by atoms with E-state index in [1.807, 2.05) is 6.92 Å². The van der Waals surface area contributed by atoms with Crippen molar-refractivity contribution in [3.63, 3.8) is 0 Å². The lowest BCUT2D eigenvalue weighted by Crippen LogP contribution is -2.14. The number of nitrogens with zero attached hydrogens (tertiary/aromatic N) is 1. The topological polar surface area (TPSA) is 56.1 Å². The Kier molecular flexibility index (Phi) is 2.85. The van der Waals surface area contributed by atoms with Crippen LogP contribution in [0, 0.1) is 6.92 Å². The first kappa shape index (κ1) is 11.6. The minimum Gasteiger partial charge on any atom is -0.290 e. The molecule has 0 bridgehead atoms. The molecule has 0 spiro atoms. The zero-order valence-electron chi connectivity index (χ0n) is 9.20. The molecule has 17 heavy (non-hydrogen) atoms. The number of benzene rings is 1. The van der Waals surface area contributed by atoms with Crippen LogP contribution in [0.2, 0.25) is 0 Å². The summed E-state index contributed by atoms with van der Waals surface area (Å²) >= 11 is 0. The highest BCUT2D eigenvalue weighted by Gasteiger charge is 2.14. The summed E-state index contributed by atoms with van der Waals surface area (Å²) in [4.78, 5) is 11.1. The van der Waals surface area contributed by atoms with E-state index >= 15 is 0 Å². The summed E-state index contributed by atoms with van der Waals surface area (Å²) in [6, 6.07) is 8.98.